The van der Waals surface area contributed by atoms with E-state index in [0.717, 1.165) is 45.7 Å². The molecule has 0 spiro atoms. The summed E-state index contributed by atoms with van der Waals surface area (Å²) in [5.41, 5.74) is 2.73. The van der Waals surface area contributed by atoms with E-state index in [9.17, 15) is 4.79 Å². The summed E-state index contributed by atoms with van der Waals surface area (Å²) in [4.78, 5) is 16.2. The van der Waals surface area contributed by atoms with Gasteiger partial charge in [0.25, 0.3) is 0 Å². The highest BCUT2D eigenvalue weighted by molar-refractivity contribution is 5.74. The van der Waals surface area contributed by atoms with E-state index in [1.54, 1.807) is 0 Å². The number of nitrogens with one attached hydrogen (secondary N) is 1. The second kappa shape index (κ2) is 7.29. The third kappa shape index (κ3) is 3.97. The van der Waals surface area contributed by atoms with Crippen LogP contribution in [0.2, 0.25) is 0 Å². The highest BCUT2D eigenvalue weighted by Crippen LogP contribution is 2.12. The van der Waals surface area contributed by atoms with Crippen molar-refractivity contribution in [1.82, 2.24) is 15.1 Å². The molecule has 2 rings (SSSR count). The fourth-order valence-electron chi connectivity index (χ4n) is 2.48. The zero-order chi connectivity index (χ0) is 14.4. The SMILES string of the molecule is CCCNC(=O)N1CCN(Cc2ccccc2C)CC1. The first-order chi connectivity index (χ1) is 9.70. The molecule has 0 unspecified atom stereocenters. The molecule has 0 radical (unpaired) electrons. The largest absolute Gasteiger partial charge is 0.338 e. The van der Waals surface area contributed by atoms with E-state index < -0.39 is 0 Å². The molecule has 2 amide bonds. The number of rotatable bonds is 4. The average Bonchev–Trinajstić information content (AvgIpc) is 2.48. The Hall–Kier alpha value is -1.55. The monoisotopic (exact) mass is 275 g/mol. The summed E-state index contributed by atoms with van der Waals surface area (Å²) in [6, 6.07) is 8.60. The lowest BCUT2D eigenvalue weighted by Crippen LogP contribution is -2.51. The minimum absolute atomic E-state index is 0.0855. The molecule has 1 aliphatic rings. The predicted molar refractivity (Wildman–Crippen MR) is 81.7 cm³/mol. The quantitative estimate of drug-likeness (QED) is 0.914. The summed E-state index contributed by atoms with van der Waals surface area (Å²) in [5.74, 6) is 0. The molecule has 1 aromatic rings. The van der Waals surface area contributed by atoms with Crippen molar-refractivity contribution < 1.29 is 4.79 Å². The highest BCUT2D eigenvalue weighted by Gasteiger charge is 2.20. The maximum atomic E-state index is 11.9. The van der Waals surface area contributed by atoms with Crippen molar-refractivity contribution >= 4 is 6.03 Å². The summed E-state index contributed by atoms with van der Waals surface area (Å²) in [6.45, 7) is 9.52. The molecule has 1 aromatic carbocycles. The van der Waals surface area contributed by atoms with Crippen LogP contribution in [0.15, 0.2) is 24.3 Å². The molecule has 1 saturated heterocycles. The van der Waals surface area contributed by atoms with Gasteiger partial charge < -0.3 is 10.2 Å². The normalized spacial score (nSPS) is 16.2. The number of aryl methyl sites for hydroxylation is 1. The Morgan fingerprint density at radius 1 is 1.20 bits per heavy atom. The Kier molecular flexibility index (Phi) is 5.41. The van der Waals surface area contributed by atoms with Gasteiger partial charge in [-0.2, -0.15) is 0 Å². The van der Waals surface area contributed by atoms with Crippen LogP contribution in [0, 0.1) is 6.92 Å². The number of amides is 2. The molecular formula is C16H25N3O. The Morgan fingerprint density at radius 2 is 1.90 bits per heavy atom. The third-order valence-electron chi connectivity index (χ3n) is 3.84. The number of benzene rings is 1. The molecule has 0 aliphatic carbocycles. The van der Waals surface area contributed by atoms with Gasteiger partial charge in [-0.25, -0.2) is 4.79 Å². The van der Waals surface area contributed by atoms with Crippen LogP contribution in [-0.2, 0) is 6.54 Å². The first-order valence-electron chi connectivity index (χ1n) is 7.50. The fourth-order valence-corrected chi connectivity index (χ4v) is 2.48. The predicted octanol–water partition coefficient (Wildman–Crippen LogP) is 2.23. The lowest BCUT2D eigenvalue weighted by atomic mass is 10.1. The molecule has 1 heterocycles. The van der Waals surface area contributed by atoms with Crippen LogP contribution >= 0.6 is 0 Å². The second-order valence-corrected chi connectivity index (χ2v) is 5.42. The number of carbonyl (C=O) groups is 1. The van der Waals surface area contributed by atoms with E-state index in [2.05, 4.69) is 48.3 Å². The number of piperazine rings is 1. The minimum atomic E-state index is 0.0855. The number of hydrogen-bond acceptors (Lipinski definition) is 2. The van der Waals surface area contributed by atoms with Gasteiger partial charge in [-0.3, -0.25) is 4.90 Å². The molecule has 1 fully saturated rings. The Labute approximate surface area is 121 Å². The molecule has 0 saturated carbocycles. The van der Waals surface area contributed by atoms with E-state index >= 15 is 0 Å². The van der Waals surface area contributed by atoms with Crippen molar-refractivity contribution in [2.45, 2.75) is 26.8 Å². The van der Waals surface area contributed by atoms with E-state index in [4.69, 9.17) is 0 Å². The van der Waals surface area contributed by atoms with Crippen LogP contribution in [0.3, 0.4) is 0 Å². The Balaban J connectivity index is 1.80. The topological polar surface area (TPSA) is 35.6 Å². The molecule has 20 heavy (non-hydrogen) atoms. The lowest BCUT2D eigenvalue weighted by Gasteiger charge is -2.35. The van der Waals surface area contributed by atoms with Crippen LogP contribution in [0.5, 0.6) is 0 Å². The molecular weight excluding hydrogens is 250 g/mol. The smallest absolute Gasteiger partial charge is 0.317 e. The molecule has 0 bridgehead atoms. The average molecular weight is 275 g/mol. The maximum absolute atomic E-state index is 11.9. The first kappa shape index (κ1) is 14.9. The van der Waals surface area contributed by atoms with E-state index in [1.165, 1.54) is 11.1 Å². The summed E-state index contributed by atoms with van der Waals surface area (Å²) in [5, 5.41) is 2.94. The standard InChI is InChI=1S/C16H25N3O/c1-3-8-17-16(20)19-11-9-18(10-12-19)13-15-7-5-4-6-14(15)2/h4-7H,3,8-13H2,1-2H3,(H,17,20). The summed E-state index contributed by atoms with van der Waals surface area (Å²) in [7, 11) is 0. The highest BCUT2D eigenvalue weighted by atomic mass is 16.2. The molecule has 0 atom stereocenters. The van der Waals surface area contributed by atoms with Gasteiger partial charge in [-0.1, -0.05) is 31.2 Å². The minimum Gasteiger partial charge on any atom is -0.338 e. The van der Waals surface area contributed by atoms with Crippen LogP contribution in [0.25, 0.3) is 0 Å². The molecule has 4 nitrogen and oxygen atoms in total. The Morgan fingerprint density at radius 3 is 2.55 bits per heavy atom. The van der Waals surface area contributed by atoms with Gasteiger partial charge in [0.2, 0.25) is 0 Å². The van der Waals surface area contributed by atoms with Gasteiger partial charge in [-0.15, -0.1) is 0 Å². The Bertz CT molecular complexity index is 439. The summed E-state index contributed by atoms with van der Waals surface area (Å²) < 4.78 is 0. The van der Waals surface area contributed by atoms with Crippen molar-refractivity contribution in [1.29, 1.82) is 0 Å². The summed E-state index contributed by atoms with van der Waals surface area (Å²) >= 11 is 0. The van der Waals surface area contributed by atoms with Crippen molar-refractivity contribution in [3.63, 3.8) is 0 Å². The van der Waals surface area contributed by atoms with E-state index in [-0.39, 0.29) is 6.03 Å². The second-order valence-electron chi connectivity index (χ2n) is 5.42. The van der Waals surface area contributed by atoms with Gasteiger partial charge in [0.15, 0.2) is 0 Å². The van der Waals surface area contributed by atoms with Crippen molar-refractivity contribution in [3.05, 3.63) is 35.4 Å². The van der Waals surface area contributed by atoms with Crippen LogP contribution in [-0.4, -0.2) is 48.6 Å². The van der Waals surface area contributed by atoms with Crippen molar-refractivity contribution in [3.8, 4) is 0 Å². The van der Waals surface area contributed by atoms with E-state index in [1.807, 2.05) is 4.90 Å². The number of carbonyl (C=O) groups excluding carboxylic acids is 1. The van der Waals surface area contributed by atoms with Gasteiger partial charge in [0, 0.05) is 39.3 Å². The molecule has 0 aromatic heterocycles. The van der Waals surface area contributed by atoms with Crippen LogP contribution in [0.1, 0.15) is 24.5 Å². The number of urea groups is 1. The molecule has 1 N–H and O–H groups in total. The molecule has 4 heteroatoms. The van der Waals surface area contributed by atoms with E-state index in [0.29, 0.717) is 0 Å². The fraction of sp³-hybridized carbons (Fsp3) is 0.562. The first-order valence-corrected chi connectivity index (χ1v) is 7.50. The third-order valence-corrected chi connectivity index (χ3v) is 3.84. The van der Waals surface area contributed by atoms with Gasteiger partial charge in [0.1, 0.15) is 0 Å². The maximum Gasteiger partial charge on any atom is 0.317 e. The lowest BCUT2D eigenvalue weighted by molar-refractivity contribution is 0.135. The van der Waals surface area contributed by atoms with Crippen LogP contribution in [0.4, 0.5) is 4.79 Å². The van der Waals surface area contributed by atoms with Crippen LogP contribution < -0.4 is 5.32 Å². The zero-order valence-electron chi connectivity index (χ0n) is 12.6. The number of nitrogens with zero attached hydrogens (tertiary/aromatic N) is 2. The van der Waals surface area contributed by atoms with Crippen molar-refractivity contribution in [2.24, 2.45) is 0 Å². The molecule has 1 aliphatic heterocycles. The zero-order valence-corrected chi connectivity index (χ0v) is 12.6. The number of hydrogen-bond donors (Lipinski definition) is 1. The summed E-state index contributed by atoms with van der Waals surface area (Å²) in [6.07, 6.45) is 0.985. The molecule has 110 valence electrons. The van der Waals surface area contributed by atoms with Crippen molar-refractivity contribution in [2.75, 3.05) is 32.7 Å². The van der Waals surface area contributed by atoms with Gasteiger partial charge >= 0.3 is 6.03 Å². The van der Waals surface area contributed by atoms with Gasteiger partial charge in [0.05, 0.1) is 0 Å². The van der Waals surface area contributed by atoms with Gasteiger partial charge in [-0.05, 0) is 24.5 Å².